The molecule has 2 N–H and O–H groups in total. The summed E-state index contributed by atoms with van der Waals surface area (Å²) in [5.41, 5.74) is 1.35. The van der Waals surface area contributed by atoms with E-state index in [2.05, 4.69) is 11.9 Å². The molecule has 0 bridgehead atoms. The summed E-state index contributed by atoms with van der Waals surface area (Å²) in [6.07, 6.45) is 3.44. The molecule has 33 heavy (non-hydrogen) atoms. The van der Waals surface area contributed by atoms with Gasteiger partial charge in [-0.15, -0.1) is 0 Å². The molecule has 0 spiro atoms. The second-order valence-corrected chi connectivity index (χ2v) is 10.1. The quantitative estimate of drug-likeness (QED) is 0.732. The van der Waals surface area contributed by atoms with E-state index < -0.39 is 5.60 Å². The number of carbonyl (C=O) groups excluding carboxylic acids is 1. The zero-order valence-corrected chi connectivity index (χ0v) is 19.3. The number of para-hydroxylation sites is 2. The lowest BCUT2D eigenvalue weighted by Crippen LogP contribution is -2.51. The summed E-state index contributed by atoms with van der Waals surface area (Å²) in [4.78, 5) is 19.8. The number of aliphatic hydroxyl groups excluding tert-OH is 1. The van der Waals surface area contributed by atoms with Gasteiger partial charge < -0.3 is 19.8 Å². The number of fused-ring (bicyclic) bond motifs is 2. The molecule has 6 nitrogen and oxygen atoms in total. The fraction of sp³-hybridized carbons (Fsp3) is 0.481. The van der Waals surface area contributed by atoms with E-state index in [4.69, 9.17) is 4.74 Å². The van der Waals surface area contributed by atoms with Crippen molar-refractivity contribution in [1.29, 1.82) is 0 Å². The number of amides is 1. The molecule has 3 aliphatic rings. The van der Waals surface area contributed by atoms with Gasteiger partial charge in [-0.3, -0.25) is 9.79 Å². The maximum absolute atomic E-state index is 13.4. The molecule has 1 amide bonds. The van der Waals surface area contributed by atoms with Crippen LogP contribution in [-0.4, -0.2) is 54.0 Å². The number of rotatable bonds is 5. The summed E-state index contributed by atoms with van der Waals surface area (Å²) in [6.45, 7) is 3.14. The zero-order chi connectivity index (χ0) is 23.2. The maximum atomic E-state index is 13.4. The first kappa shape index (κ1) is 22.1. The van der Waals surface area contributed by atoms with Crippen molar-refractivity contribution in [3.63, 3.8) is 0 Å². The molecule has 2 aromatic carbocycles. The number of hydrogen-bond acceptors (Lipinski definition) is 5. The second kappa shape index (κ2) is 8.26. The number of methoxy groups -OCH3 is 1. The molecular formula is C27H32N2O4. The number of nitrogens with zero attached hydrogens (tertiary/aromatic N) is 2. The lowest BCUT2D eigenvalue weighted by Gasteiger charge is -2.50. The van der Waals surface area contributed by atoms with E-state index in [1.54, 1.807) is 7.11 Å². The van der Waals surface area contributed by atoms with Crippen molar-refractivity contribution >= 4 is 17.8 Å². The minimum absolute atomic E-state index is 0.000330. The third kappa shape index (κ3) is 3.56. The summed E-state index contributed by atoms with van der Waals surface area (Å²) in [5.74, 6) is 0.539. The number of hydrogen-bond donors (Lipinski definition) is 2. The molecule has 2 fully saturated rings. The second-order valence-electron chi connectivity index (χ2n) is 10.1. The number of benzene rings is 2. The number of aliphatic imine (C=N–C) groups is 1. The molecule has 5 atom stereocenters. The van der Waals surface area contributed by atoms with Gasteiger partial charge in [0.25, 0.3) is 0 Å². The van der Waals surface area contributed by atoms with Gasteiger partial charge in [-0.05, 0) is 41.9 Å². The SMILES string of the molecule is COc1ccccc1C1(O)CCC(C)(CO)C2CN(C(=O)CC3C=Nc4ccccc43)CC21. The highest BCUT2D eigenvalue weighted by Crippen LogP contribution is 2.56. The maximum Gasteiger partial charge on any atom is 0.223 e. The average molecular weight is 449 g/mol. The van der Waals surface area contributed by atoms with Gasteiger partial charge in [-0.25, -0.2) is 0 Å². The van der Waals surface area contributed by atoms with Gasteiger partial charge in [-0.1, -0.05) is 43.3 Å². The summed E-state index contributed by atoms with van der Waals surface area (Å²) in [5, 5.41) is 22.3. The van der Waals surface area contributed by atoms with Crippen LogP contribution in [-0.2, 0) is 10.4 Å². The fourth-order valence-electron chi connectivity index (χ4n) is 6.23. The van der Waals surface area contributed by atoms with E-state index in [-0.39, 0.29) is 35.7 Å². The van der Waals surface area contributed by atoms with Crippen LogP contribution in [0.25, 0.3) is 0 Å². The molecule has 2 aliphatic heterocycles. The van der Waals surface area contributed by atoms with Crippen LogP contribution in [0.2, 0.25) is 0 Å². The van der Waals surface area contributed by atoms with E-state index in [1.165, 1.54) is 0 Å². The van der Waals surface area contributed by atoms with Crippen molar-refractivity contribution in [3.8, 4) is 5.75 Å². The first-order valence-corrected chi connectivity index (χ1v) is 11.8. The molecular weight excluding hydrogens is 416 g/mol. The van der Waals surface area contributed by atoms with E-state index in [0.717, 1.165) is 16.8 Å². The molecule has 0 radical (unpaired) electrons. The van der Waals surface area contributed by atoms with Gasteiger partial charge in [0.1, 0.15) is 5.75 Å². The largest absolute Gasteiger partial charge is 0.496 e. The number of likely N-dealkylation sites (tertiary alicyclic amines) is 1. The molecule has 2 aromatic rings. The first-order valence-electron chi connectivity index (χ1n) is 11.8. The third-order valence-electron chi connectivity index (χ3n) is 8.32. The zero-order valence-electron chi connectivity index (χ0n) is 19.3. The molecule has 6 heteroatoms. The normalized spacial score (nSPS) is 32.5. The Kier molecular flexibility index (Phi) is 5.53. The molecule has 2 heterocycles. The van der Waals surface area contributed by atoms with E-state index in [9.17, 15) is 15.0 Å². The molecule has 1 saturated carbocycles. The van der Waals surface area contributed by atoms with Crippen LogP contribution in [0.15, 0.2) is 53.5 Å². The number of aliphatic hydroxyl groups is 2. The minimum Gasteiger partial charge on any atom is -0.496 e. The van der Waals surface area contributed by atoms with Crippen molar-refractivity contribution in [2.24, 2.45) is 22.2 Å². The van der Waals surface area contributed by atoms with E-state index >= 15 is 0 Å². The van der Waals surface area contributed by atoms with Crippen LogP contribution < -0.4 is 4.74 Å². The minimum atomic E-state index is -1.11. The molecule has 0 aromatic heterocycles. The van der Waals surface area contributed by atoms with Gasteiger partial charge in [0.15, 0.2) is 0 Å². The lowest BCUT2D eigenvalue weighted by atomic mass is 9.57. The first-order chi connectivity index (χ1) is 15.9. The van der Waals surface area contributed by atoms with Gasteiger partial charge >= 0.3 is 0 Å². The Morgan fingerprint density at radius 3 is 2.64 bits per heavy atom. The summed E-state index contributed by atoms with van der Waals surface area (Å²) in [7, 11) is 1.62. The topological polar surface area (TPSA) is 82.4 Å². The number of carbonyl (C=O) groups is 1. The van der Waals surface area contributed by atoms with Crippen molar-refractivity contribution in [3.05, 3.63) is 59.7 Å². The predicted octanol–water partition coefficient (Wildman–Crippen LogP) is 3.64. The highest BCUT2D eigenvalue weighted by atomic mass is 16.5. The van der Waals surface area contributed by atoms with Gasteiger partial charge in [0, 0.05) is 49.7 Å². The Labute approximate surface area is 194 Å². The predicted molar refractivity (Wildman–Crippen MR) is 127 cm³/mol. The van der Waals surface area contributed by atoms with Crippen molar-refractivity contribution in [2.75, 3.05) is 26.8 Å². The highest BCUT2D eigenvalue weighted by molar-refractivity contribution is 5.87. The van der Waals surface area contributed by atoms with Gasteiger partial charge in [-0.2, -0.15) is 0 Å². The monoisotopic (exact) mass is 448 g/mol. The molecule has 5 rings (SSSR count). The van der Waals surface area contributed by atoms with Gasteiger partial charge in [0.05, 0.1) is 18.4 Å². The average Bonchev–Trinajstić information content (AvgIpc) is 3.48. The van der Waals surface area contributed by atoms with Crippen molar-refractivity contribution in [1.82, 2.24) is 4.90 Å². The third-order valence-corrected chi connectivity index (χ3v) is 8.32. The standard InChI is InChI=1S/C27H32N2O4/c1-26(17-30)11-12-27(32,20-8-4-6-10-24(20)33-2)22-16-29(15-21(22)26)25(31)13-18-14-28-23-9-5-3-7-19(18)23/h3-10,14,18,21-22,30,32H,11-13,15-17H2,1-2H3. The Morgan fingerprint density at radius 2 is 1.85 bits per heavy atom. The fourth-order valence-corrected chi connectivity index (χ4v) is 6.23. The Hall–Kier alpha value is -2.70. The van der Waals surface area contributed by atoms with Crippen LogP contribution >= 0.6 is 0 Å². The van der Waals surface area contributed by atoms with Crippen molar-refractivity contribution < 1.29 is 19.7 Å². The van der Waals surface area contributed by atoms with Crippen LogP contribution in [0.3, 0.4) is 0 Å². The number of ether oxygens (including phenoxy) is 1. The van der Waals surface area contributed by atoms with Crippen LogP contribution in [0.5, 0.6) is 5.75 Å². The summed E-state index contributed by atoms with van der Waals surface area (Å²) < 4.78 is 5.58. The Bertz CT molecular complexity index is 1090. The van der Waals surface area contributed by atoms with E-state index in [1.807, 2.05) is 59.6 Å². The Balaban J connectivity index is 1.42. The molecule has 5 unspecified atom stereocenters. The van der Waals surface area contributed by atoms with Crippen LogP contribution in [0.1, 0.15) is 43.2 Å². The van der Waals surface area contributed by atoms with E-state index in [0.29, 0.717) is 38.1 Å². The van der Waals surface area contributed by atoms with Crippen LogP contribution in [0, 0.1) is 17.3 Å². The highest BCUT2D eigenvalue weighted by Gasteiger charge is 2.58. The molecule has 174 valence electrons. The lowest BCUT2D eigenvalue weighted by molar-refractivity contribution is -0.131. The van der Waals surface area contributed by atoms with Gasteiger partial charge in [0.2, 0.25) is 5.91 Å². The summed E-state index contributed by atoms with van der Waals surface area (Å²) in [6, 6.07) is 15.6. The summed E-state index contributed by atoms with van der Waals surface area (Å²) >= 11 is 0. The smallest absolute Gasteiger partial charge is 0.223 e. The van der Waals surface area contributed by atoms with Crippen LogP contribution in [0.4, 0.5) is 5.69 Å². The van der Waals surface area contributed by atoms with Crippen molar-refractivity contribution in [2.45, 2.75) is 37.7 Å². The molecule has 1 saturated heterocycles. The molecule has 1 aliphatic carbocycles. The Morgan fingerprint density at radius 1 is 1.12 bits per heavy atom.